The standard InChI is InChI=1S/C12H20O/c1-4-5-6-7-12(3)9-11(13)8-10(12)2/h8H,4-7,9H2,1-3H3. The molecule has 0 amide bonds. The lowest BCUT2D eigenvalue weighted by molar-refractivity contribution is -0.115. The Morgan fingerprint density at radius 1 is 1.46 bits per heavy atom. The predicted octanol–water partition coefficient (Wildman–Crippen LogP) is 3.49. The summed E-state index contributed by atoms with van der Waals surface area (Å²) in [7, 11) is 0. The van der Waals surface area contributed by atoms with Crippen molar-refractivity contribution in [1.82, 2.24) is 0 Å². The van der Waals surface area contributed by atoms with E-state index >= 15 is 0 Å². The highest BCUT2D eigenvalue weighted by Crippen LogP contribution is 2.40. The Balaban J connectivity index is 2.48. The maximum Gasteiger partial charge on any atom is 0.156 e. The first-order valence-electron chi connectivity index (χ1n) is 5.30. The lowest BCUT2D eigenvalue weighted by Gasteiger charge is -2.25. The minimum absolute atomic E-state index is 0.187. The highest BCUT2D eigenvalue weighted by atomic mass is 16.1. The van der Waals surface area contributed by atoms with Crippen LogP contribution in [0.4, 0.5) is 0 Å². The number of carbonyl (C=O) groups excluding carboxylic acids is 1. The van der Waals surface area contributed by atoms with Gasteiger partial charge in [-0.15, -0.1) is 0 Å². The Bertz CT molecular complexity index is 227. The third kappa shape index (κ3) is 2.43. The molecular weight excluding hydrogens is 160 g/mol. The zero-order chi connectivity index (χ0) is 9.90. The SMILES string of the molecule is CCCCCC1(C)CC(=O)C=C1C. The fourth-order valence-electron chi connectivity index (χ4n) is 2.04. The number of allylic oxidation sites excluding steroid dienone is 2. The van der Waals surface area contributed by atoms with Crippen molar-refractivity contribution in [1.29, 1.82) is 0 Å². The van der Waals surface area contributed by atoms with Gasteiger partial charge in [0, 0.05) is 6.42 Å². The molecule has 1 nitrogen and oxygen atoms in total. The van der Waals surface area contributed by atoms with E-state index in [0.29, 0.717) is 5.78 Å². The summed E-state index contributed by atoms with van der Waals surface area (Å²) in [6, 6.07) is 0. The van der Waals surface area contributed by atoms with Gasteiger partial charge in [0.2, 0.25) is 0 Å². The summed E-state index contributed by atoms with van der Waals surface area (Å²) in [6.45, 7) is 6.53. The van der Waals surface area contributed by atoms with E-state index in [1.165, 1.54) is 31.3 Å². The molecule has 1 rings (SSSR count). The molecule has 1 aliphatic carbocycles. The maximum atomic E-state index is 11.2. The highest BCUT2D eigenvalue weighted by molar-refractivity contribution is 5.94. The first kappa shape index (κ1) is 10.5. The van der Waals surface area contributed by atoms with Crippen LogP contribution in [0.1, 0.15) is 52.9 Å². The first-order chi connectivity index (χ1) is 6.08. The molecule has 1 unspecified atom stereocenters. The van der Waals surface area contributed by atoms with Gasteiger partial charge in [-0.25, -0.2) is 0 Å². The minimum atomic E-state index is 0.187. The Morgan fingerprint density at radius 3 is 2.62 bits per heavy atom. The van der Waals surface area contributed by atoms with Crippen LogP contribution in [-0.2, 0) is 4.79 Å². The van der Waals surface area contributed by atoms with Crippen molar-refractivity contribution in [3.63, 3.8) is 0 Å². The summed E-state index contributed by atoms with van der Waals surface area (Å²) in [6.07, 6.45) is 7.54. The molecule has 0 radical (unpaired) electrons. The van der Waals surface area contributed by atoms with E-state index < -0.39 is 0 Å². The summed E-state index contributed by atoms with van der Waals surface area (Å²) in [5, 5.41) is 0. The summed E-state index contributed by atoms with van der Waals surface area (Å²) in [5.74, 6) is 0.316. The van der Waals surface area contributed by atoms with Crippen LogP contribution in [0.2, 0.25) is 0 Å². The molecule has 0 saturated carbocycles. The monoisotopic (exact) mass is 180 g/mol. The van der Waals surface area contributed by atoms with Gasteiger partial charge in [-0.05, 0) is 24.8 Å². The molecule has 0 aromatic carbocycles. The van der Waals surface area contributed by atoms with Gasteiger partial charge in [-0.3, -0.25) is 4.79 Å². The topological polar surface area (TPSA) is 17.1 Å². The average Bonchev–Trinajstić information content (AvgIpc) is 2.27. The number of rotatable bonds is 4. The van der Waals surface area contributed by atoms with Gasteiger partial charge in [-0.1, -0.05) is 38.7 Å². The minimum Gasteiger partial charge on any atom is -0.295 e. The largest absolute Gasteiger partial charge is 0.295 e. The number of carbonyl (C=O) groups is 1. The van der Waals surface area contributed by atoms with Crippen LogP contribution in [0.25, 0.3) is 0 Å². The Morgan fingerprint density at radius 2 is 2.15 bits per heavy atom. The Kier molecular flexibility index (Phi) is 3.29. The van der Waals surface area contributed by atoms with E-state index in [-0.39, 0.29) is 5.41 Å². The molecule has 1 aliphatic rings. The molecule has 0 N–H and O–H groups in total. The molecule has 0 aromatic heterocycles. The van der Waals surface area contributed by atoms with Crippen molar-refractivity contribution in [3.05, 3.63) is 11.6 Å². The molecule has 0 spiro atoms. The van der Waals surface area contributed by atoms with Crippen LogP contribution in [0.15, 0.2) is 11.6 Å². The molecule has 0 bridgehead atoms. The first-order valence-corrected chi connectivity index (χ1v) is 5.30. The van der Waals surface area contributed by atoms with Crippen molar-refractivity contribution in [2.75, 3.05) is 0 Å². The molecule has 1 heteroatoms. The zero-order valence-electron chi connectivity index (χ0n) is 9.02. The molecular formula is C12H20O. The predicted molar refractivity (Wildman–Crippen MR) is 55.6 cm³/mol. The molecule has 0 fully saturated rings. The Labute approximate surface area is 81.2 Å². The van der Waals surface area contributed by atoms with Crippen LogP contribution in [0.5, 0.6) is 0 Å². The number of ketones is 1. The van der Waals surface area contributed by atoms with E-state index in [1.807, 2.05) is 6.08 Å². The van der Waals surface area contributed by atoms with Crippen LogP contribution >= 0.6 is 0 Å². The second-order valence-electron chi connectivity index (χ2n) is 4.49. The summed E-state index contributed by atoms with van der Waals surface area (Å²) < 4.78 is 0. The highest BCUT2D eigenvalue weighted by Gasteiger charge is 2.33. The third-order valence-corrected chi connectivity index (χ3v) is 3.23. The van der Waals surface area contributed by atoms with E-state index in [2.05, 4.69) is 20.8 Å². The van der Waals surface area contributed by atoms with Gasteiger partial charge in [0.05, 0.1) is 0 Å². The van der Waals surface area contributed by atoms with Crippen LogP contribution in [-0.4, -0.2) is 5.78 Å². The molecule has 0 aromatic rings. The van der Waals surface area contributed by atoms with E-state index in [4.69, 9.17) is 0 Å². The third-order valence-electron chi connectivity index (χ3n) is 3.23. The van der Waals surface area contributed by atoms with Crippen molar-refractivity contribution < 1.29 is 4.79 Å². The number of hydrogen-bond donors (Lipinski definition) is 0. The Hall–Kier alpha value is -0.590. The molecule has 0 saturated heterocycles. The molecule has 74 valence electrons. The quantitative estimate of drug-likeness (QED) is 0.605. The second kappa shape index (κ2) is 4.08. The zero-order valence-corrected chi connectivity index (χ0v) is 9.02. The van der Waals surface area contributed by atoms with Gasteiger partial charge in [0.15, 0.2) is 5.78 Å². The lowest BCUT2D eigenvalue weighted by Crippen LogP contribution is -2.15. The summed E-state index contributed by atoms with van der Waals surface area (Å²) in [5.41, 5.74) is 1.47. The molecule has 0 aliphatic heterocycles. The van der Waals surface area contributed by atoms with Gasteiger partial charge < -0.3 is 0 Å². The smallest absolute Gasteiger partial charge is 0.156 e. The van der Waals surface area contributed by atoms with E-state index in [0.717, 1.165) is 6.42 Å². The lowest BCUT2D eigenvalue weighted by atomic mass is 9.79. The second-order valence-corrected chi connectivity index (χ2v) is 4.49. The van der Waals surface area contributed by atoms with Crippen LogP contribution < -0.4 is 0 Å². The molecule has 13 heavy (non-hydrogen) atoms. The van der Waals surface area contributed by atoms with Crippen LogP contribution in [0, 0.1) is 5.41 Å². The maximum absolute atomic E-state index is 11.2. The number of unbranched alkanes of at least 4 members (excludes halogenated alkanes) is 2. The van der Waals surface area contributed by atoms with Crippen LogP contribution in [0.3, 0.4) is 0 Å². The van der Waals surface area contributed by atoms with E-state index in [1.54, 1.807) is 0 Å². The van der Waals surface area contributed by atoms with E-state index in [9.17, 15) is 4.79 Å². The molecule has 0 heterocycles. The van der Waals surface area contributed by atoms with Gasteiger partial charge in [0.25, 0.3) is 0 Å². The summed E-state index contributed by atoms with van der Waals surface area (Å²) in [4.78, 5) is 11.2. The van der Waals surface area contributed by atoms with Crippen molar-refractivity contribution in [3.8, 4) is 0 Å². The van der Waals surface area contributed by atoms with Crippen molar-refractivity contribution in [2.24, 2.45) is 5.41 Å². The van der Waals surface area contributed by atoms with Gasteiger partial charge in [-0.2, -0.15) is 0 Å². The normalized spacial score (nSPS) is 27.9. The van der Waals surface area contributed by atoms with Crippen molar-refractivity contribution >= 4 is 5.78 Å². The number of hydrogen-bond acceptors (Lipinski definition) is 1. The van der Waals surface area contributed by atoms with Crippen molar-refractivity contribution in [2.45, 2.75) is 52.9 Å². The van der Waals surface area contributed by atoms with Gasteiger partial charge >= 0.3 is 0 Å². The summed E-state index contributed by atoms with van der Waals surface area (Å²) >= 11 is 0. The fraction of sp³-hybridized carbons (Fsp3) is 0.750. The molecule has 1 atom stereocenters. The van der Waals surface area contributed by atoms with Gasteiger partial charge in [0.1, 0.15) is 0 Å². The fourth-order valence-corrected chi connectivity index (χ4v) is 2.04. The average molecular weight is 180 g/mol.